The smallest absolute Gasteiger partial charge is 0.251 e. The van der Waals surface area contributed by atoms with E-state index in [1.165, 1.54) is 0 Å². The van der Waals surface area contributed by atoms with Gasteiger partial charge in [0.15, 0.2) is 0 Å². The Balaban J connectivity index is 2.51. The van der Waals surface area contributed by atoms with Crippen LogP contribution >= 0.6 is 0 Å². The average Bonchev–Trinajstić information content (AvgIpc) is 2.50. The molecule has 21 heavy (non-hydrogen) atoms. The summed E-state index contributed by atoms with van der Waals surface area (Å²) in [5.74, 6) is -0.276. The van der Waals surface area contributed by atoms with Crippen LogP contribution in [-0.2, 0) is 4.79 Å². The van der Waals surface area contributed by atoms with Crippen molar-refractivity contribution < 1.29 is 9.59 Å². The zero-order valence-corrected chi connectivity index (χ0v) is 12.2. The predicted molar refractivity (Wildman–Crippen MR) is 82.9 cm³/mol. The van der Waals surface area contributed by atoms with E-state index in [9.17, 15) is 9.59 Å². The molecule has 0 fully saturated rings. The number of nitrogens with one attached hydrogen (secondary N) is 1. The molecule has 0 aromatic heterocycles. The zero-order valence-electron chi connectivity index (χ0n) is 12.2. The van der Waals surface area contributed by atoms with Crippen LogP contribution < -0.4 is 16.8 Å². The average molecular weight is 290 g/mol. The molecule has 1 aromatic carbocycles. The number of carbonyl (C=O) groups is 2. The highest BCUT2D eigenvalue weighted by Gasteiger charge is 2.18. The highest BCUT2D eigenvalue weighted by Crippen LogP contribution is 2.02. The summed E-state index contributed by atoms with van der Waals surface area (Å²) in [6.45, 7) is 2.44. The van der Waals surface area contributed by atoms with E-state index in [0.29, 0.717) is 37.2 Å². The third kappa shape index (κ3) is 6.07. The molecule has 0 saturated heterocycles. The van der Waals surface area contributed by atoms with Crippen LogP contribution in [0.1, 0.15) is 36.5 Å². The molecule has 0 aliphatic carbocycles. The topological polar surface area (TPSA) is 111 Å². The van der Waals surface area contributed by atoms with Gasteiger partial charge in [0.1, 0.15) is 6.04 Å². The SMILES string of the molecule is CCC(N)=NCCCC(NC(=O)c1ccccc1)C(N)=O. The van der Waals surface area contributed by atoms with Gasteiger partial charge in [-0.25, -0.2) is 0 Å². The molecule has 2 amide bonds. The van der Waals surface area contributed by atoms with Gasteiger partial charge in [-0.15, -0.1) is 0 Å². The highest BCUT2D eigenvalue weighted by molar-refractivity contribution is 5.97. The van der Waals surface area contributed by atoms with Crippen molar-refractivity contribution in [3.8, 4) is 0 Å². The first-order chi connectivity index (χ1) is 10.0. The van der Waals surface area contributed by atoms with E-state index >= 15 is 0 Å². The highest BCUT2D eigenvalue weighted by atomic mass is 16.2. The third-order valence-corrected chi connectivity index (χ3v) is 3.01. The van der Waals surface area contributed by atoms with Crippen LogP contribution in [0.4, 0.5) is 0 Å². The number of carbonyl (C=O) groups excluding carboxylic acids is 2. The predicted octanol–water partition coefficient (Wildman–Crippen LogP) is 0.818. The van der Waals surface area contributed by atoms with E-state index in [2.05, 4.69) is 10.3 Å². The maximum atomic E-state index is 12.0. The lowest BCUT2D eigenvalue weighted by atomic mass is 10.1. The fraction of sp³-hybridized carbons (Fsp3) is 0.400. The van der Waals surface area contributed by atoms with Gasteiger partial charge in [-0.05, 0) is 25.0 Å². The molecule has 6 nitrogen and oxygen atoms in total. The van der Waals surface area contributed by atoms with E-state index in [4.69, 9.17) is 11.5 Å². The van der Waals surface area contributed by atoms with Gasteiger partial charge in [0.2, 0.25) is 5.91 Å². The summed E-state index contributed by atoms with van der Waals surface area (Å²) in [7, 11) is 0. The zero-order chi connectivity index (χ0) is 15.7. The lowest BCUT2D eigenvalue weighted by molar-refractivity contribution is -0.120. The van der Waals surface area contributed by atoms with Crippen molar-refractivity contribution in [3.63, 3.8) is 0 Å². The number of amides is 2. The Kier molecular flexibility index (Phi) is 6.94. The molecule has 1 atom stereocenters. The van der Waals surface area contributed by atoms with Crippen LogP contribution in [0, 0.1) is 0 Å². The van der Waals surface area contributed by atoms with Gasteiger partial charge in [0, 0.05) is 18.5 Å². The number of nitrogens with zero attached hydrogens (tertiary/aromatic N) is 1. The second-order valence-electron chi connectivity index (χ2n) is 4.66. The van der Waals surface area contributed by atoms with E-state index < -0.39 is 11.9 Å². The van der Waals surface area contributed by atoms with Gasteiger partial charge in [0.05, 0.1) is 5.84 Å². The number of benzene rings is 1. The van der Waals surface area contributed by atoms with Gasteiger partial charge in [-0.2, -0.15) is 0 Å². The van der Waals surface area contributed by atoms with Crippen molar-refractivity contribution in [2.24, 2.45) is 16.5 Å². The molecule has 6 heteroatoms. The minimum Gasteiger partial charge on any atom is -0.387 e. The van der Waals surface area contributed by atoms with Crippen LogP contribution in [0.2, 0.25) is 0 Å². The minimum absolute atomic E-state index is 0.309. The molecular weight excluding hydrogens is 268 g/mol. The number of aliphatic imine (C=N–C) groups is 1. The quantitative estimate of drug-likeness (QED) is 0.374. The number of rotatable bonds is 8. The number of nitrogens with two attached hydrogens (primary N) is 2. The summed E-state index contributed by atoms with van der Waals surface area (Å²) in [5, 5.41) is 2.64. The summed E-state index contributed by atoms with van der Waals surface area (Å²) in [5.41, 5.74) is 11.4. The Labute approximate surface area is 124 Å². The standard InChI is InChI=1S/C15H22N4O2/c1-2-13(16)18-10-6-9-12(14(17)20)19-15(21)11-7-4-3-5-8-11/h3-5,7-8,12H,2,6,9-10H2,1H3,(H2,16,18)(H2,17,20)(H,19,21). The Morgan fingerprint density at radius 2 is 1.90 bits per heavy atom. The minimum atomic E-state index is -0.698. The molecule has 114 valence electrons. The number of primary amides is 1. The summed E-state index contributed by atoms with van der Waals surface area (Å²) in [6, 6.07) is 8.00. The van der Waals surface area contributed by atoms with E-state index in [0.717, 1.165) is 0 Å². The maximum absolute atomic E-state index is 12.0. The van der Waals surface area contributed by atoms with Gasteiger partial charge in [-0.3, -0.25) is 14.6 Å². The molecule has 0 aliphatic rings. The molecule has 0 spiro atoms. The maximum Gasteiger partial charge on any atom is 0.251 e. The Bertz CT molecular complexity index is 500. The molecule has 0 radical (unpaired) electrons. The number of amidine groups is 1. The van der Waals surface area contributed by atoms with Crippen LogP contribution in [0.5, 0.6) is 0 Å². The first-order valence-electron chi connectivity index (χ1n) is 6.98. The lowest BCUT2D eigenvalue weighted by Crippen LogP contribution is -2.44. The van der Waals surface area contributed by atoms with Gasteiger partial charge in [-0.1, -0.05) is 25.1 Å². The summed E-state index contributed by atoms with van der Waals surface area (Å²) < 4.78 is 0. The van der Waals surface area contributed by atoms with E-state index in [1.807, 2.05) is 13.0 Å². The third-order valence-electron chi connectivity index (χ3n) is 3.01. The summed E-state index contributed by atoms with van der Waals surface area (Å²) in [4.78, 5) is 27.5. The fourth-order valence-electron chi connectivity index (χ4n) is 1.75. The first kappa shape index (κ1) is 16.7. The Morgan fingerprint density at radius 1 is 1.24 bits per heavy atom. The fourth-order valence-corrected chi connectivity index (χ4v) is 1.75. The van der Waals surface area contributed by atoms with Gasteiger partial charge < -0.3 is 16.8 Å². The second kappa shape index (κ2) is 8.73. The first-order valence-corrected chi connectivity index (χ1v) is 6.98. The van der Waals surface area contributed by atoms with Crippen molar-refractivity contribution in [1.29, 1.82) is 0 Å². The van der Waals surface area contributed by atoms with Crippen LogP contribution in [0.25, 0.3) is 0 Å². The molecule has 1 rings (SSSR count). The van der Waals surface area contributed by atoms with Crippen molar-refractivity contribution in [3.05, 3.63) is 35.9 Å². The van der Waals surface area contributed by atoms with Crippen molar-refractivity contribution >= 4 is 17.6 Å². The Morgan fingerprint density at radius 3 is 2.48 bits per heavy atom. The monoisotopic (exact) mass is 290 g/mol. The normalized spacial score (nSPS) is 12.7. The van der Waals surface area contributed by atoms with Crippen molar-refractivity contribution in [1.82, 2.24) is 5.32 Å². The molecule has 1 unspecified atom stereocenters. The molecule has 0 aliphatic heterocycles. The van der Waals surface area contributed by atoms with E-state index in [1.54, 1.807) is 24.3 Å². The molecule has 1 aromatic rings. The largest absolute Gasteiger partial charge is 0.387 e. The Hall–Kier alpha value is -2.37. The van der Waals surface area contributed by atoms with Crippen LogP contribution in [-0.4, -0.2) is 30.2 Å². The van der Waals surface area contributed by atoms with Crippen LogP contribution in [0.3, 0.4) is 0 Å². The van der Waals surface area contributed by atoms with Crippen LogP contribution in [0.15, 0.2) is 35.3 Å². The van der Waals surface area contributed by atoms with E-state index in [-0.39, 0.29) is 5.91 Å². The number of hydrogen-bond acceptors (Lipinski definition) is 3. The summed E-state index contributed by atoms with van der Waals surface area (Å²) in [6.07, 6.45) is 1.77. The molecular formula is C15H22N4O2. The van der Waals surface area contributed by atoms with Gasteiger partial charge in [0.25, 0.3) is 5.91 Å². The molecule has 0 bridgehead atoms. The molecule has 0 heterocycles. The lowest BCUT2D eigenvalue weighted by Gasteiger charge is -2.15. The van der Waals surface area contributed by atoms with Crippen molar-refractivity contribution in [2.75, 3.05) is 6.54 Å². The van der Waals surface area contributed by atoms with Gasteiger partial charge >= 0.3 is 0 Å². The van der Waals surface area contributed by atoms with Crippen molar-refractivity contribution in [2.45, 2.75) is 32.2 Å². The number of hydrogen-bond donors (Lipinski definition) is 3. The molecule has 0 saturated carbocycles. The second-order valence-corrected chi connectivity index (χ2v) is 4.66. The molecule has 5 N–H and O–H groups in total. The summed E-state index contributed by atoms with van der Waals surface area (Å²) >= 11 is 0.